The highest BCUT2D eigenvalue weighted by Gasteiger charge is 2.76. The molecule has 3 aliphatic heterocycles. The lowest BCUT2D eigenvalue weighted by molar-refractivity contribution is -0.144. The molecular formula is C33H31BrCl3N3O5. The minimum atomic E-state index is -1.94. The number of fused-ring (bicyclic) bond motifs is 4. The maximum Gasteiger partial charge on any atom is 0.254 e. The SMILES string of the molecule is O=C1[C@H]2[C@H](CC=C3[C@H]2C[C@@]2(Cl)C(=O)N(CBr)C(=O)[C@@]2(Cl)[C@H]3c2ccc(O)cc2Cl)C(=O)N1C1CCN(Cc2ccccc2)CC1. The molecule has 0 radical (unpaired) electrons. The van der Waals surface area contributed by atoms with E-state index in [2.05, 4.69) is 33.0 Å². The normalized spacial score (nSPS) is 33.7. The molecule has 4 amide bonds. The molecule has 12 heteroatoms. The number of amides is 4. The number of carbonyl (C=O) groups excluding carboxylic acids is 4. The van der Waals surface area contributed by atoms with E-state index in [1.54, 1.807) is 6.07 Å². The number of alkyl halides is 3. The van der Waals surface area contributed by atoms with E-state index >= 15 is 0 Å². The second kappa shape index (κ2) is 11.4. The molecule has 7 rings (SSSR count). The Bertz CT molecular complexity index is 1630. The first-order chi connectivity index (χ1) is 21.5. The summed E-state index contributed by atoms with van der Waals surface area (Å²) in [6, 6.07) is 14.4. The molecule has 0 bridgehead atoms. The van der Waals surface area contributed by atoms with Crippen LogP contribution in [0.25, 0.3) is 0 Å². The Morgan fingerprint density at radius 3 is 2.31 bits per heavy atom. The Balaban J connectivity index is 1.22. The molecule has 1 saturated carbocycles. The summed E-state index contributed by atoms with van der Waals surface area (Å²) in [4.78, 5) is 57.0. The van der Waals surface area contributed by atoms with Gasteiger partial charge in [-0.25, -0.2) is 0 Å². The second-order valence-electron chi connectivity index (χ2n) is 12.7. The average Bonchev–Trinajstić information content (AvgIpc) is 3.36. The molecule has 0 aromatic heterocycles. The van der Waals surface area contributed by atoms with Gasteiger partial charge in [0.05, 0.1) is 17.3 Å². The van der Waals surface area contributed by atoms with Crippen molar-refractivity contribution >= 4 is 74.4 Å². The Hall–Kier alpha value is -2.43. The molecule has 4 fully saturated rings. The van der Waals surface area contributed by atoms with Crippen LogP contribution in [0.4, 0.5) is 0 Å². The molecule has 45 heavy (non-hydrogen) atoms. The number of likely N-dealkylation sites (tertiary alicyclic amines) is 3. The number of hydrogen-bond donors (Lipinski definition) is 1. The monoisotopic (exact) mass is 733 g/mol. The Morgan fingerprint density at radius 1 is 0.933 bits per heavy atom. The van der Waals surface area contributed by atoms with Crippen molar-refractivity contribution in [3.05, 3.63) is 76.3 Å². The highest BCUT2D eigenvalue weighted by Crippen LogP contribution is 2.66. The summed E-state index contributed by atoms with van der Waals surface area (Å²) in [5.74, 6) is -4.75. The van der Waals surface area contributed by atoms with E-state index in [-0.39, 0.29) is 40.5 Å². The summed E-state index contributed by atoms with van der Waals surface area (Å²) in [5.41, 5.74) is 2.21. The van der Waals surface area contributed by atoms with Crippen molar-refractivity contribution in [3.63, 3.8) is 0 Å². The van der Waals surface area contributed by atoms with Crippen LogP contribution in [0.2, 0.25) is 5.02 Å². The Kier molecular flexibility index (Phi) is 7.88. The van der Waals surface area contributed by atoms with Crippen LogP contribution >= 0.6 is 50.7 Å². The van der Waals surface area contributed by atoms with Gasteiger partial charge in [0.25, 0.3) is 11.8 Å². The van der Waals surface area contributed by atoms with Gasteiger partial charge >= 0.3 is 0 Å². The molecule has 3 saturated heterocycles. The second-order valence-corrected chi connectivity index (χ2v) is 14.9. The summed E-state index contributed by atoms with van der Waals surface area (Å²) >= 11 is 24.4. The molecule has 0 unspecified atom stereocenters. The van der Waals surface area contributed by atoms with Crippen LogP contribution in [0, 0.1) is 17.8 Å². The summed E-state index contributed by atoms with van der Waals surface area (Å²) in [6.45, 7) is 2.34. The zero-order valence-electron chi connectivity index (χ0n) is 24.2. The summed E-state index contributed by atoms with van der Waals surface area (Å²) in [5, 5.41) is 10.2. The van der Waals surface area contributed by atoms with E-state index in [9.17, 15) is 24.3 Å². The van der Waals surface area contributed by atoms with Gasteiger partial charge in [0.15, 0.2) is 9.75 Å². The number of hydrogen-bond acceptors (Lipinski definition) is 6. The van der Waals surface area contributed by atoms with E-state index in [4.69, 9.17) is 34.8 Å². The largest absolute Gasteiger partial charge is 0.508 e. The zero-order valence-corrected chi connectivity index (χ0v) is 28.0. The third-order valence-electron chi connectivity index (χ3n) is 10.5. The molecule has 1 N–H and O–H groups in total. The van der Waals surface area contributed by atoms with Crippen LogP contribution in [-0.4, -0.2) is 77.8 Å². The molecule has 2 aliphatic carbocycles. The third kappa shape index (κ3) is 4.55. The first-order valence-corrected chi connectivity index (χ1v) is 17.4. The predicted octanol–water partition coefficient (Wildman–Crippen LogP) is 5.42. The Morgan fingerprint density at radius 2 is 1.64 bits per heavy atom. The van der Waals surface area contributed by atoms with E-state index in [1.807, 2.05) is 24.3 Å². The lowest BCUT2D eigenvalue weighted by Gasteiger charge is -2.51. The summed E-state index contributed by atoms with van der Waals surface area (Å²) in [7, 11) is 0. The number of phenols is 1. The zero-order chi connectivity index (χ0) is 31.8. The van der Waals surface area contributed by atoms with Crippen LogP contribution in [-0.2, 0) is 25.7 Å². The number of imide groups is 2. The van der Waals surface area contributed by atoms with E-state index < -0.39 is 45.2 Å². The average molecular weight is 736 g/mol. The van der Waals surface area contributed by atoms with Gasteiger partial charge in [-0.05, 0) is 54.9 Å². The molecule has 2 aromatic carbocycles. The molecule has 8 nitrogen and oxygen atoms in total. The van der Waals surface area contributed by atoms with Crippen LogP contribution in [0.15, 0.2) is 60.2 Å². The first kappa shape index (κ1) is 31.2. The number of phenolic OH excluding ortho intramolecular Hbond substituents is 1. The first-order valence-electron chi connectivity index (χ1n) is 15.1. The molecule has 236 valence electrons. The van der Waals surface area contributed by atoms with Crippen LogP contribution < -0.4 is 0 Å². The number of aromatic hydroxyl groups is 1. The number of halogens is 4. The number of allylic oxidation sites excluding steroid dienone is 2. The number of carbonyl (C=O) groups is 4. The van der Waals surface area contributed by atoms with Crippen LogP contribution in [0.3, 0.4) is 0 Å². The van der Waals surface area contributed by atoms with E-state index in [1.165, 1.54) is 22.6 Å². The number of rotatable bonds is 5. The van der Waals surface area contributed by atoms with Gasteiger partial charge in [-0.2, -0.15) is 0 Å². The summed E-state index contributed by atoms with van der Waals surface area (Å²) < 4.78 is 0. The highest BCUT2D eigenvalue weighted by molar-refractivity contribution is 9.09. The standard InChI is InChI=1S/C33H31BrCl3N3O5/c34-17-39-30(44)32(36)15-24-21(27(33(32,37)31(39)45)22-7-6-20(41)14-25(22)35)8-9-23-26(24)29(43)40(28(23)42)19-10-12-38(13-11-19)16-18-4-2-1-3-5-18/h1-8,14,19,23-24,26-27,41H,9-13,15-17H2/t23-,24+,26-,27+,32+,33-/m0/s1. The fourth-order valence-electron chi connectivity index (χ4n) is 8.41. The van der Waals surface area contributed by atoms with Crippen molar-refractivity contribution in [2.75, 3.05) is 18.5 Å². The van der Waals surface area contributed by atoms with E-state index in [0.717, 1.165) is 24.5 Å². The molecule has 3 heterocycles. The van der Waals surface area contributed by atoms with Crippen LogP contribution in [0.5, 0.6) is 5.75 Å². The third-order valence-corrected chi connectivity index (χ3v) is 12.8. The van der Waals surface area contributed by atoms with Gasteiger partial charge < -0.3 is 5.11 Å². The Labute approximate surface area is 284 Å². The number of nitrogens with zero attached hydrogens (tertiary/aromatic N) is 3. The van der Waals surface area contributed by atoms with Crippen LogP contribution in [0.1, 0.15) is 42.7 Å². The molecule has 5 aliphatic rings. The van der Waals surface area contributed by atoms with Crippen molar-refractivity contribution in [2.24, 2.45) is 17.8 Å². The number of piperidine rings is 1. The number of benzene rings is 2. The summed E-state index contributed by atoms with van der Waals surface area (Å²) in [6.07, 6.45) is 3.47. The predicted molar refractivity (Wildman–Crippen MR) is 173 cm³/mol. The van der Waals surface area contributed by atoms with Gasteiger partial charge in [-0.15, -0.1) is 23.2 Å². The van der Waals surface area contributed by atoms with Gasteiger partial charge in [0.1, 0.15) is 5.75 Å². The maximum absolute atomic E-state index is 14.3. The van der Waals surface area contributed by atoms with Crippen molar-refractivity contribution < 1.29 is 24.3 Å². The lowest BCUT2D eigenvalue weighted by Crippen LogP contribution is -2.60. The maximum atomic E-state index is 14.3. The van der Waals surface area contributed by atoms with Gasteiger partial charge in [0, 0.05) is 36.6 Å². The molecular weight excluding hydrogens is 705 g/mol. The minimum Gasteiger partial charge on any atom is -0.508 e. The quantitative estimate of drug-likeness (QED) is 0.191. The van der Waals surface area contributed by atoms with Crippen molar-refractivity contribution in [1.82, 2.24) is 14.7 Å². The fourth-order valence-corrected chi connectivity index (χ4v) is 10.1. The van der Waals surface area contributed by atoms with Crippen molar-refractivity contribution in [2.45, 2.75) is 53.9 Å². The fraction of sp³-hybridized carbons (Fsp3) is 0.455. The minimum absolute atomic E-state index is 0.0757. The van der Waals surface area contributed by atoms with Crippen molar-refractivity contribution in [1.29, 1.82) is 0 Å². The molecule has 2 aromatic rings. The van der Waals surface area contributed by atoms with Gasteiger partial charge in [-0.1, -0.05) is 75.6 Å². The van der Waals surface area contributed by atoms with Gasteiger partial charge in [-0.3, -0.25) is 33.9 Å². The van der Waals surface area contributed by atoms with E-state index in [0.29, 0.717) is 30.4 Å². The lowest BCUT2D eigenvalue weighted by atomic mass is 9.56. The molecule has 6 atom stereocenters. The molecule has 0 spiro atoms. The highest BCUT2D eigenvalue weighted by atomic mass is 79.9. The smallest absolute Gasteiger partial charge is 0.254 e. The van der Waals surface area contributed by atoms with Gasteiger partial charge in [0.2, 0.25) is 11.8 Å². The van der Waals surface area contributed by atoms with Crippen molar-refractivity contribution in [3.8, 4) is 5.75 Å². The topological polar surface area (TPSA) is 98.2 Å².